The maximum absolute atomic E-state index is 12.9. The summed E-state index contributed by atoms with van der Waals surface area (Å²) < 4.78 is 10.6. The molecule has 1 N–H and O–H groups in total. The van der Waals surface area contributed by atoms with E-state index in [1.807, 2.05) is 78.9 Å². The number of rotatable bonds is 7. The second-order valence-electron chi connectivity index (χ2n) is 8.04. The molecule has 5 heteroatoms. The summed E-state index contributed by atoms with van der Waals surface area (Å²) in [5.74, 6) is -1.38. The topological polar surface area (TPSA) is 76.1 Å². The molecule has 168 valence electrons. The van der Waals surface area contributed by atoms with E-state index < -0.39 is 11.9 Å². The number of carbonyl (C=O) groups excluding carboxylic acids is 1. The Labute approximate surface area is 197 Å². The molecule has 5 rings (SSSR count). The van der Waals surface area contributed by atoms with Crippen LogP contribution in [-0.2, 0) is 9.47 Å². The zero-order chi connectivity index (χ0) is 23.5. The summed E-state index contributed by atoms with van der Waals surface area (Å²) in [6.45, 7) is 0.857. The summed E-state index contributed by atoms with van der Waals surface area (Å²) in [4.78, 5) is 24.8. The molecule has 0 spiro atoms. The summed E-state index contributed by atoms with van der Waals surface area (Å²) in [5.41, 5.74) is 5.53. The van der Waals surface area contributed by atoms with Crippen LogP contribution in [0.3, 0.4) is 0 Å². The van der Waals surface area contributed by atoms with Crippen molar-refractivity contribution >= 4 is 11.9 Å². The van der Waals surface area contributed by atoms with Crippen LogP contribution in [0.1, 0.15) is 20.7 Å². The van der Waals surface area contributed by atoms with Crippen molar-refractivity contribution in [2.24, 2.45) is 0 Å². The van der Waals surface area contributed by atoms with Gasteiger partial charge in [-0.1, -0.05) is 84.9 Å². The van der Waals surface area contributed by atoms with E-state index in [1.165, 1.54) is 0 Å². The van der Waals surface area contributed by atoms with Crippen molar-refractivity contribution in [1.82, 2.24) is 0 Å². The predicted octanol–water partition coefficient (Wildman–Crippen LogP) is 5.94. The molecule has 0 saturated carbocycles. The van der Waals surface area contributed by atoms with Crippen molar-refractivity contribution in [3.05, 3.63) is 108 Å². The van der Waals surface area contributed by atoms with Crippen LogP contribution < -0.4 is 0 Å². The molecule has 1 aliphatic heterocycles. The maximum atomic E-state index is 12.9. The third kappa shape index (κ3) is 4.34. The van der Waals surface area contributed by atoms with Crippen LogP contribution in [0.4, 0.5) is 0 Å². The Kier molecular flexibility index (Phi) is 5.93. The van der Waals surface area contributed by atoms with Crippen LogP contribution in [0.5, 0.6) is 0 Å². The molecule has 1 heterocycles. The van der Waals surface area contributed by atoms with Gasteiger partial charge in [-0.15, -0.1) is 0 Å². The Hall–Kier alpha value is -4.22. The zero-order valence-corrected chi connectivity index (χ0v) is 18.3. The highest BCUT2D eigenvalue weighted by Gasteiger charge is 2.26. The number of carboxylic acid groups (broad SMARTS) is 1. The molecule has 1 fully saturated rings. The number of esters is 1. The fourth-order valence-corrected chi connectivity index (χ4v) is 4.12. The largest absolute Gasteiger partial charge is 0.478 e. The van der Waals surface area contributed by atoms with Gasteiger partial charge in [-0.05, 0) is 45.5 Å². The van der Waals surface area contributed by atoms with Crippen LogP contribution >= 0.6 is 0 Å². The summed E-state index contributed by atoms with van der Waals surface area (Å²) in [6.07, 6.45) is -0.00965. The molecule has 5 nitrogen and oxygen atoms in total. The number of ether oxygens (including phenoxy) is 2. The average molecular weight is 450 g/mol. The summed E-state index contributed by atoms with van der Waals surface area (Å²) >= 11 is 0. The molecular formula is C29H22O5. The number of aromatic carboxylic acids is 1. The van der Waals surface area contributed by atoms with Crippen molar-refractivity contribution in [2.45, 2.75) is 6.10 Å². The minimum absolute atomic E-state index is 0.00965. The first-order valence-electron chi connectivity index (χ1n) is 11.0. The predicted molar refractivity (Wildman–Crippen MR) is 130 cm³/mol. The van der Waals surface area contributed by atoms with Crippen LogP contribution in [-0.4, -0.2) is 36.4 Å². The van der Waals surface area contributed by atoms with E-state index in [-0.39, 0.29) is 18.3 Å². The smallest absolute Gasteiger partial charge is 0.338 e. The van der Waals surface area contributed by atoms with Gasteiger partial charge in [-0.3, -0.25) is 0 Å². The van der Waals surface area contributed by atoms with Gasteiger partial charge in [-0.2, -0.15) is 0 Å². The molecule has 34 heavy (non-hydrogen) atoms. The van der Waals surface area contributed by atoms with Crippen molar-refractivity contribution in [3.63, 3.8) is 0 Å². The quantitative estimate of drug-likeness (QED) is 0.278. The fourth-order valence-electron chi connectivity index (χ4n) is 4.12. The Balaban J connectivity index is 1.64. The van der Waals surface area contributed by atoms with Crippen LogP contribution in [0.25, 0.3) is 33.4 Å². The van der Waals surface area contributed by atoms with Gasteiger partial charge in [0.25, 0.3) is 0 Å². The highest BCUT2D eigenvalue weighted by molar-refractivity contribution is 6.03. The molecule has 1 aliphatic rings. The Morgan fingerprint density at radius 2 is 1.06 bits per heavy atom. The standard InChI is InChI=1S/C29H22O5/c30-28(31)26-15-7-5-13-24(26)22-11-3-1-9-20(22)21-10-2-4-12-23(21)25-14-6-8-16-27(25)29(32)34-18-19-17-33-19/h1-16,19H,17-18H2,(H,30,31). The third-order valence-electron chi connectivity index (χ3n) is 5.83. The summed E-state index contributed by atoms with van der Waals surface area (Å²) in [5, 5.41) is 9.75. The first-order chi connectivity index (χ1) is 16.6. The third-order valence-corrected chi connectivity index (χ3v) is 5.83. The molecule has 0 aliphatic carbocycles. The lowest BCUT2D eigenvalue weighted by Gasteiger charge is -2.17. The highest BCUT2D eigenvalue weighted by atomic mass is 16.6. The van der Waals surface area contributed by atoms with Crippen molar-refractivity contribution in [1.29, 1.82) is 0 Å². The monoisotopic (exact) mass is 450 g/mol. The van der Waals surface area contributed by atoms with Crippen molar-refractivity contribution in [3.8, 4) is 33.4 Å². The van der Waals surface area contributed by atoms with Gasteiger partial charge in [0, 0.05) is 0 Å². The molecule has 1 unspecified atom stereocenters. The normalized spacial score (nSPS) is 14.4. The lowest BCUT2D eigenvalue weighted by molar-refractivity contribution is 0.0477. The second kappa shape index (κ2) is 9.33. The van der Waals surface area contributed by atoms with Crippen LogP contribution in [0.2, 0.25) is 0 Å². The van der Waals surface area contributed by atoms with E-state index in [2.05, 4.69) is 0 Å². The molecule has 0 bridgehead atoms. The number of carboxylic acids is 1. The molecule has 4 aromatic carbocycles. The molecule has 1 saturated heterocycles. The minimum Gasteiger partial charge on any atom is -0.478 e. The van der Waals surface area contributed by atoms with Gasteiger partial charge in [-0.25, -0.2) is 9.59 Å². The van der Waals surface area contributed by atoms with E-state index in [9.17, 15) is 14.7 Å². The van der Waals surface area contributed by atoms with Gasteiger partial charge in [0.1, 0.15) is 12.7 Å². The Bertz CT molecular complexity index is 1370. The van der Waals surface area contributed by atoms with E-state index in [4.69, 9.17) is 9.47 Å². The Morgan fingerprint density at radius 3 is 1.53 bits per heavy atom. The Morgan fingerprint density at radius 1 is 0.676 bits per heavy atom. The molecule has 0 aromatic heterocycles. The number of carbonyl (C=O) groups is 2. The van der Waals surface area contributed by atoms with E-state index >= 15 is 0 Å². The first kappa shape index (κ1) is 21.6. The first-order valence-corrected chi connectivity index (χ1v) is 11.0. The number of benzene rings is 4. The highest BCUT2D eigenvalue weighted by Crippen LogP contribution is 2.40. The van der Waals surface area contributed by atoms with Gasteiger partial charge in [0.05, 0.1) is 17.7 Å². The summed E-state index contributed by atoms with van der Waals surface area (Å²) in [7, 11) is 0. The van der Waals surface area contributed by atoms with Crippen LogP contribution in [0, 0.1) is 0 Å². The molecular weight excluding hydrogens is 428 g/mol. The SMILES string of the molecule is O=C(O)c1ccccc1-c1ccccc1-c1ccccc1-c1ccccc1C(=O)OCC1CO1. The molecule has 1 atom stereocenters. The van der Waals surface area contributed by atoms with Gasteiger partial charge in [0.2, 0.25) is 0 Å². The fraction of sp³-hybridized carbons (Fsp3) is 0.103. The lowest BCUT2D eigenvalue weighted by atomic mass is 9.87. The van der Waals surface area contributed by atoms with Gasteiger partial charge in [0.15, 0.2) is 0 Å². The maximum Gasteiger partial charge on any atom is 0.338 e. The van der Waals surface area contributed by atoms with Crippen molar-refractivity contribution in [2.75, 3.05) is 13.2 Å². The van der Waals surface area contributed by atoms with Gasteiger partial charge >= 0.3 is 11.9 Å². The molecule has 0 radical (unpaired) electrons. The van der Waals surface area contributed by atoms with E-state index in [1.54, 1.807) is 18.2 Å². The van der Waals surface area contributed by atoms with Crippen molar-refractivity contribution < 1.29 is 24.2 Å². The zero-order valence-electron chi connectivity index (χ0n) is 18.3. The molecule has 0 amide bonds. The number of hydrogen-bond acceptors (Lipinski definition) is 4. The molecule has 4 aromatic rings. The summed E-state index contributed by atoms with van der Waals surface area (Å²) in [6, 6.07) is 29.8. The average Bonchev–Trinajstić information content (AvgIpc) is 3.72. The second-order valence-corrected chi connectivity index (χ2v) is 8.04. The van der Waals surface area contributed by atoms with E-state index in [0.29, 0.717) is 17.7 Å². The minimum atomic E-state index is -0.980. The van der Waals surface area contributed by atoms with Crippen LogP contribution in [0.15, 0.2) is 97.1 Å². The van der Waals surface area contributed by atoms with Gasteiger partial charge < -0.3 is 14.6 Å². The van der Waals surface area contributed by atoms with E-state index in [0.717, 1.165) is 27.8 Å². The number of epoxide rings is 1. The number of hydrogen-bond donors (Lipinski definition) is 1. The lowest BCUT2D eigenvalue weighted by Crippen LogP contribution is -2.11.